The summed E-state index contributed by atoms with van der Waals surface area (Å²) < 4.78 is 12.8. The van der Waals surface area contributed by atoms with Crippen molar-refractivity contribution in [2.45, 2.75) is 18.9 Å². The van der Waals surface area contributed by atoms with Gasteiger partial charge in [0.05, 0.1) is 18.8 Å². The Labute approximate surface area is 98.3 Å². The van der Waals surface area contributed by atoms with Crippen LogP contribution >= 0.6 is 0 Å². The van der Waals surface area contributed by atoms with Crippen LogP contribution in [-0.4, -0.2) is 39.9 Å². The van der Waals surface area contributed by atoms with E-state index in [2.05, 4.69) is 10.3 Å². The maximum Gasteiger partial charge on any atom is 0.252 e. The molecule has 0 aromatic carbocycles. The first-order chi connectivity index (χ1) is 8.06. The van der Waals surface area contributed by atoms with Crippen molar-refractivity contribution in [3.63, 3.8) is 0 Å². The number of halogens is 1. The monoisotopic (exact) mass is 242 g/mol. The van der Waals surface area contributed by atoms with Crippen molar-refractivity contribution in [2.75, 3.05) is 13.2 Å². The van der Waals surface area contributed by atoms with Gasteiger partial charge in [0, 0.05) is 17.8 Å². The molecule has 1 rings (SSSR count). The summed E-state index contributed by atoms with van der Waals surface area (Å²) in [5, 5.41) is 20.8. The summed E-state index contributed by atoms with van der Waals surface area (Å²) in [5.41, 5.74) is -0.992. The second-order valence-corrected chi connectivity index (χ2v) is 3.77. The summed E-state index contributed by atoms with van der Waals surface area (Å²) in [4.78, 5) is 15.1. The van der Waals surface area contributed by atoms with E-state index in [-0.39, 0.29) is 18.8 Å². The average Bonchev–Trinajstić information content (AvgIpc) is 2.36. The van der Waals surface area contributed by atoms with Crippen molar-refractivity contribution in [3.05, 3.63) is 29.8 Å². The van der Waals surface area contributed by atoms with Crippen molar-refractivity contribution in [3.8, 4) is 0 Å². The SMILES string of the molecule is CCC(CO)(CO)NC(=O)c1ccnc(F)c1. The third-order valence-electron chi connectivity index (χ3n) is 2.65. The standard InChI is InChI=1S/C11H15FN2O3/c1-2-11(6-15,7-16)14-10(17)8-3-4-13-9(12)5-8/h3-5,15-16H,2,6-7H2,1H3,(H,14,17). The number of rotatable bonds is 5. The molecule has 0 fully saturated rings. The normalized spacial score (nSPS) is 11.3. The molecular weight excluding hydrogens is 227 g/mol. The van der Waals surface area contributed by atoms with Crippen LogP contribution < -0.4 is 5.32 Å². The highest BCUT2D eigenvalue weighted by Crippen LogP contribution is 2.10. The number of nitrogens with zero attached hydrogens (tertiary/aromatic N) is 1. The Balaban J connectivity index is 2.84. The molecule has 0 spiro atoms. The Hall–Kier alpha value is -1.53. The lowest BCUT2D eigenvalue weighted by Crippen LogP contribution is -2.53. The first kappa shape index (κ1) is 13.5. The summed E-state index contributed by atoms with van der Waals surface area (Å²) in [6.45, 7) is 0.943. The first-order valence-corrected chi connectivity index (χ1v) is 5.22. The Kier molecular flexibility index (Phi) is 4.53. The molecule has 17 heavy (non-hydrogen) atoms. The Morgan fingerprint density at radius 3 is 2.65 bits per heavy atom. The molecule has 1 aromatic heterocycles. The van der Waals surface area contributed by atoms with Crippen LogP contribution in [0.2, 0.25) is 0 Å². The molecule has 0 aliphatic heterocycles. The maximum atomic E-state index is 12.8. The third-order valence-corrected chi connectivity index (χ3v) is 2.65. The zero-order valence-electron chi connectivity index (χ0n) is 9.48. The fraction of sp³-hybridized carbons (Fsp3) is 0.455. The van der Waals surface area contributed by atoms with Gasteiger partial charge in [-0.05, 0) is 12.5 Å². The average molecular weight is 242 g/mol. The van der Waals surface area contributed by atoms with Crippen molar-refractivity contribution in [2.24, 2.45) is 0 Å². The molecule has 1 heterocycles. The van der Waals surface area contributed by atoms with E-state index >= 15 is 0 Å². The van der Waals surface area contributed by atoms with E-state index in [9.17, 15) is 9.18 Å². The van der Waals surface area contributed by atoms with Gasteiger partial charge in [0.2, 0.25) is 5.95 Å². The highest BCUT2D eigenvalue weighted by molar-refractivity contribution is 5.94. The molecule has 3 N–H and O–H groups in total. The molecule has 5 nitrogen and oxygen atoms in total. The molecule has 0 saturated heterocycles. The molecule has 0 saturated carbocycles. The molecule has 6 heteroatoms. The van der Waals surface area contributed by atoms with E-state index in [1.165, 1.54) is 12.3 Å². The van der Waals surface area contributed by atoms with Gasteiger partial charge >= 0.3 is 0 Å². The molecule has 0 bridgehead atoms. The molecule has 1 amide bonds. The van der Waals surface area contributed by atoms with E-state index in [0.717, 1.165) is 6.07 Å². The van der Waals surface area contributed by atoms with Gasteiger partial charge in [-0.3, -0.25) is 4.79 Å². The lowest BCUT2D eigenvalue weighted by atomic mass is 9.98. The number of carbonyl (C=O) groups is 1. The minimum absolute atomic E-state index is 0.0947. The van der Waals surface area contributed by atoms with E-state index in [1.54, 1.807) is 6.92 Å². The largest absolute Gasteiger partial charge is 0.394 e. The number of aromatic nitrogens is 1. The molecule has 0 radical (unpaired) electrons. The van der Waals surface area contributed by atoms with Crippen LogP contribution in [0.4, 0.5) is 4.39 Å². The van der Waals surface area contributed by atoms with Crippen molar-refractivity contribution in [1.82, 2.24) is 10.3 Å². The van der Waals surface area contributed by atoms with Gasteiger partial charge in [-0.1, -0.05) is 6.92 Å². The zero-order valence-corrected chi connectivity index (χ0v) is 9.48. The second-order valence-electron chi connectivity index (χ2n) is 3.77. The van der Waals surface area contributed by atoms with Crippen molar-refractivity contribution in [1.29, 1.82) is 0 Å². The molecular formula is C11H15FN2O3. The predicted octanol–water partition coefficient (Wildman–Crippen LogP) is 0.0839. The predicted molar refractivity (Wildman–Crippen MR) is 58.9 cm³/mol. The lowest BCUT2D eigenvalue weighted by Gasteiger charge is -2.29. The number of hydrogen-bond acceptors (Lipinski definition) is 4. The second kappa shape index (κ2) is 5.70. The summed E-state index contributed by atoms with van der Waals surface area (Å²) in [7, 11) is 0. The summed E-state index contributed by atoms with van der Waals surface area (Å²) in [6.07, 6.45) is 1.54. The summed E-state index contributed by atoms with van der Waals surface area (Å²) in [5.74, 6) is -1.32. The molecule has 94 valence electrons. The Bertz CT molecular complexity index is 386. The van der Waals surface area contributed by atoms with Crippen LogP contribution in [0.5, 0.6) is 0 Å². The maximum absolute atomic E-state index is 12.8. The fourth-order valence-corrected chi connectivity index (χ4v) is 1.30. The fourth-order valence-electron chi connectivity index (χ4n) is 1.30. The summed E-state index contributed by atoms with van der Waals surface area (Å²) >= 11 is 0. The van der Waals surface area contributed by atoms with Gasteiger partial charge in [-0.15, -0.1) is 0 Å². The van der Waals surface area contributed by atoms with E-state index in [1.807, 2.05) is 0 Å². The van der Waals surface area contributed by atoms with Crippen molar-refractivity contribution >= 4 is 5.91 Å². The van der Waals surface area contributed by atoms with Gasteiger partial charge in [0.15, 0.2) is 0 Å². The molecule has 0 atom stereocenters. The van der Waals surface area contributed by atoms with Gasteiger partial charge in [-0.25, -0.2) is 4.98 Å². The van der Waals surface area contributed by atoms with Crippen LogP contribution in [0.1, 0.15) is 23.7 Å². The highest BCUT2D eigenvalue weighted by Gasteiger charge is 2.28. The highest BCUT2D eigenvalue weighted by atomic mass is 19.1. The van der Waals surface area contributed by atoms with Gasteiger partial charge < -0.3 is 15.5 Å². The Morgan fingerprint density at radius 1 is 1.53 bits per heavy atom. The third kappa shape index (κ3) is 3.21. The van der Waals surface area contributed by atoms with Crippen LogP contribution in [0, 0.1) is 5.95 Å². The van der Waals surface area contributed by atoms with Gasteiger partial charge in [0.25, 0.3) is 5.91 Å². The number of aliphatic hydroxyl groups is 2. The smallest absolute Gasteiger partial charge is 0.252 e. The minimum atomic E-state index is -1.09. The van der Waals surface area contributed by atoms with Crippen LogP contribution in [-0.2, 0) is 0 Å². The molecule has 0 aliphatic rings. The van der Waals surface area contributed by atoms with Crippen LogP contribution in [0.25, 0.3) is 0 Å². The topological polar surface area (TPSA) is 82.5 Å². The Morgan fingerprint density at radius 2 is 2.18 bits per heavy atom. The quantitative estimate of drug-likeness (QED) is 0.639. The zero-order chi connectivity index (χ0) is 12.9. The number of nitrogens with one attached hydrogen (secondary N) is 1. The van der Waals surface area contributed by atoms with Gasteiger partial charge in [-0.2, -0.15) is 4.39 Å². The van der Waals surface area contributed by atoms with E-state index in [4.69, 9.17) is 10.2 Å². The minimum Gasteiger partial charge on any atom is -0.394 e. The molecule has 1 aromatic rings. The lowest BCUT2D eigenvalue weighted by molar-refractivity contribution is 0.0652. The first-order valence-electron chi connectivity index (χ1n) is 5.22. The van der Waals surface area contributed by atoms with E-state index in [0.29, 0.717) is 6.42 Å². The number of aliphatic hydroxyl groups excluding tert-OH is 2. The van der Waals surface area contributed by atoms with Gasteiger partial charge in [0.1, 0.15) is 0 Å². The number of pyridine rings is 1. The van der Waals surface area contributed by atoms with Crippen LogP contribution in [0.3, 0.4) is 0 Å². The van der Waals surface area contributed by atoms with Crippen LogP contribution in [0.15, 0.2) is 18.3 Å². The summed E-state index contributed by atoms with van der Waals surface area (Å²) in [6, 6.07) is 2.35. The molecule has 0 aliphatic carbocycles. The number of amides is 1. The number of carbonyl (C=O) groups excluding carboxylic acids is 1. The number of hydrogen-bond donors (Lipinski definition) is 3. The molecule has 0 unspecified atom stereocenters. The van der Waals surface area contributed by atoms with E-state index < -0.39 is 17.4 Å². The van der Waals surface area contributed by atoms with Crippen molar-refractivity contribution < 1.29 is 19.4 Å².